The van der Waals surface area contributed by atoms with Crippen molar-refractivity contribution < 1.29 is 14.3 Å². The second kappa shape index (κ2) is 3.72. The largest absolute Gasteiger partial charge is 0.466 e. The predicted molar refractivity (Wildman–Crippen MR) is 40.2 cm³/mol. The second-order valence-corrected chi connectivity index (χ2v) is 2.86. The van der Waals surface area contributed by atoms with Gasteiger partial charge in [0, 0.05) is 0 Å². The van der Waals surface area contributed by atoms with Crippen molar-refractivity contribution in [3.8, 4) is 0 Å². The van der Waals surface area contributed by atoms with Crippen LogP contribution in [0.2, 0.25) is 0 Å². The van der Waals surface area contributed by atoms with Gasteiger partial charge in [-0.15, -0.1) is 0 Å². The first-order chi connectivity index (χ1) is 5.24. The van der Waals surface area contributed by atoms with Gasteiger partial charge in [0.05, 0.1) is 25.7 Å². The number of carbonyl (C=O) groups excluding carboxylic acids is 1. The molecule has 1 saturated heterocycles. The first-order valence-electron chi connectivity index (χ1n) is 4.01. The molecule has 1 rings (SSSR count). The molecule has 1 aliphatic heterocycles. The molecular formula is C8H14O3. The molecule has 2 atom stereocenters. The first kappa shape index (κ1) is 8.53. The van der Waals surface area contributed by atoms with E-state index < -0.39 is 0 Å². The van der Waals surface area contributed by atoms with Crippen LogP contribution in [0.5, 0.6) is 0 Å². The van der Waals surface area contributed by atoms with Gasteiger partial charge in [-0.3, -0.25) is 4.79 Å². The fourth-order valence-corrected chi connectivity index (χ4v) is 0.998. The summed E-state index contributed by atoms with van der Waals surface area (Å²) in [4.78, 5) is 10.9. The summed E-state index contributed by atoms with van der Waals surface area (Å²) in [5, 5.41) is 0. The Morgan fingerprint density at radius 2 is 2.45 bits per heavy atom. The minimum Gasteiger partial charge on any atom is -0.466 e. The fourth-order valence-electron chi connectivity index (χ4n) is 0.998. The Labute approximate surface area is 66.7 Å². The van der Waals surface area contributed by atoms with Crippen molar-refractivity contribution in [2.75, 3.05) is 13.2 Å². The molecule has 1 heterocycles. The molecule has 0 aromatic rings. The first-order valence-corrected chi connectivity index (χ1v) is 4.01. The van der Waals surface area contributed by atoms with Crippen LogP contribution in [-0.4, -0.2) is 25.3 Å². The van der Waals surface area contributed by atoms with E-state index in [9.17, 15) is 4.79 Å². The fraction of sp³-hybridized carbons (Fsp3) is 0.875. The summed E-state index contributed by atoms with van der Waals surface area (Å²) in [6.07, 6.45) is 0.790. The quantitative estimate of drug-likeness (QED) is 0.452. The Kier molecular flexibility index (Phi) is 2.88. The molecule has 11 heavy (non-hydrogen) atoms. The van der Waals surface area contributed by atoms with Crippen LogP contribution in [0.15, 0.2) is 0 Å². The number of hydrogen-bond acceptors (Lipinski definition) is 3. The summed E-state index contributed by atoms with van der Waals surface area (Å²) in [5.41, 5.74) is 0. The number of ether oxygens (including phenoxy) is 2. The average molecular weight is 158 g/mol. The van der Waals surface area contributed by atoms with Crippen molar-refractivity contribution >= 4 is 5.97 Å². The molecule has 2 unspecified atom stereocenters. The maximum Gasteiger partial charge on any atom is 0.306 e. The van der Waals surface area contributed by atoms with Gasteiger partial charge in [-0.2, -0.15) is 0 Å². The smallest absolute Gasteiger partial charge is 0.306 e. The average Bonchev–Trinajstić information content (AvgIpc) is 2.67. The van der Waals surface area contributed by atoms with Gasteiger partial charge in [-0.05, 0) is 12.8 Å². The predicted octanol–water partition coefficient (Wildman–Crippen LogP) is 0.975. The maximum atomic E-state index is 10.9. The van der Waals surface area contributed by atoms with Crippen LogP contribution >= 0.6 is 0 Å². The molecule has 3 heteroatoms. The molecule has 0 aliphatic carbocycles. The van der Waals surface area contributed by atoms with Gasteiger partial charge >= 0.3 is 5.97 Å². The van der Waals surface area contributed by atoms with Crippen LogP contribution in [0.25, 0.3) is 0 Å². The second-order valence-electron chi connectivity index (χ2n) is 2.86. The van der Waals surface area contributed by atoms with Gasteiger partial charge in [0.1, 0.15) is 0 Å². The highest BCUT2D eigenvalue weighted by atomic mass is 16.6. The minimum absolute atomic E-state index is 0.115. The summed E-state index contributed by atoms with van der Waals surface area (Å²) in [6, 6.07) is 0. The van der Waals surface area contributed by atoms with Gasteiger partial charge in [0.25, 0.3) is 0 Å². The van der Waals surface area contributed by atoms with E-state index in [0.29, 0.717) is 25.0 Å². The zero-order valence-electron chi connectivity index (χ0n) is 7.00. The lowest BCUT2D eigenvalue weighted by atomic mass is 10.1. The van der Waals surface area contributed by atoms with Crippen molar-refractivity contribution in [2.45, 2.75) is 26.4 Å². The Bertz CT molecular complexity index is 140. The molecule has 0 N–H and O–H groups in total. The van der Waals surface area contributed by atoms with Crippen LogP contribution in [0, 0.1) is 5.92 Å². The third-order valence-electron chi connectivity index (χ3n) is 1.79. The van der Waals surface area contributed by atoms with E-state index in [0.717, 1.165) is 6.61 Å². The van der Waals surface area contributed by atoms with Gasteiger partial charge < -0.3 is 9.47 Å². The zero-order chi connectivity index (χ0) is 8.27. The lowest BCUT2D eigenvalue weighted by Crippen LogP contribution is -2.13. The Balaban J connectivity index is 2.12. The number of esters is 1. The molecule has 0 aromatic heterocycles. The lowest BCUT2D eigenvalue weighted by molar-refractivity contribution is -0.144. The van der Waals surface area contributed by atoms with Crippen molar-refractivity contribution in [1.29, 1.82) is 0 Å². The van der Waals surface area contributed by atoms with E-state index in [4.69, 9.17) is 9.47 Å². The molecule has 0 radical (unpaired) electrons. The van der Waals surface area contributed by atoms with Gasteiger partial charge in [0.2, 0.25) is 0 Å². The number of rotatable bonds is 4. The molecule has 1 fully saturated rings. The van der Waals surface area contributed by atoms with Crippen molar-refractivity contribution in [1.82, 2.24) is 0 Å². The van der Waals surface area contributed by atoms with E-state index in [1.807, 2.05) is 13.8 Å². The van der Waals surface area contributed by atoms with Crippen LogP contribution in [0.1, 0.15) is 20.3 Å². The number of hydrogen-bond donors (Lipinski definition) is 0. The molecular weight excluding hydrogens is 144 g/mol. The third kappa shape index (κ3) is 2.89. The Morgan fingerprint density at radius 1 is 1.82 bits per heavy atom. The van der Waals surface area contributed by atoms with Crippen LogP contribution in [-0.2, 0) is 14.3 Å². The zero-order valence-corrected chi connectivity index (χ0v) is 7.00. The molecule has 1 aliphatic rings. The van der Waals surface area contributed by atoms with Crippen LogP contribution in [0.4, 0.5) is 0 Å². The van der Waals surface area contributed by atoms with E-state index in [2.05, 4.69) is 0 Å². The van der Waals surface area contributed by atoms with Crippen LogP contribution in [0.3, 0.4) is 0 Å². The SMILES string of the molecule is CCOC(=O)CC(C)C1CO1. The highest BCUT2D eigenvalue weighted by molar-refractivity contribution is 5.69. The summed E-state index contributed by atoms with van der Waals surface area (Å²) in [7, 11) is 0. The van der Waals surface area contributed by atoms with Crippen molar-refractivity contribution in [3.63, 3.8) is 0 Å². The topological polar surface area (TPSA) is 38.8 Å². The Morgan fingerprint density at radius 3 is 2.91 bits per heavy atom. The summed E-state index contributed by atoms with van der Waals surface area (Å²) < 4.78 is 9.84. The highest BCUT2D eigenvalue weighted by Gasteiger charge is 2.30. The van der Waals surface area contributed by atoms with E-state index in [1.165, 1.54) is 0 Å². The lowest BCUT2D eigenvalue weighted by Gasteiger charge is -2.05. The summed E-state index contributed by atoms with van der Waals surface area (Å²) in [6.45, 7) is 5.10. The molecule has 0 saturated carbocycles. The Hall–Kier alpha value is -0.570. The molecule has 3 nitrogen and oxygen atoms in total. The highest BCUT2D eigenvalue weighted by Crippen LogP contribution is 2.22. The standard InChI is InChI=1S/C8H14O3/c1-3-10-8(9)4-6(2)7-5-11-7/h6-7H,3-5H2,1-2H3. The third-order valence-corrected chi connectivity index (χ3v) is 1.79. The number of epoxide rings is 1. The monoisotopic (exact) mass is 158 g/mol. The van der Waals surface area contributed by atoms with Crippen molar-refractivity contribution in [2.24, 2.45) is 5.92 Å². The summed E-state index contributed by atoms with van der Waals surface area (Å²) in [5.74, 6) is 0.199. The maximum absolute atomic E-state index is 10.9. The molecule has 0 amide bonds. The molecule has 0 spiro atoms. The number of carbonyl (C=O) groups is 1. The summed E-state index contributed by atoms with van der Waals surface area (Å²) >= 11 is 0. The van der Waals surface area contributed by atoms with Gasteiger partial charge in [-0.25, -0.2) is 0 Å². The van der Waals surface area contributed by atoms with E-state index in [-0.39, 0.29) is 5.97 Å². The van der Waals surface area contributed by atoms with E-state index in [1.54, 1.807) is 0 Å². The minimum atomic E-state index is -0.115. The van der Waals surface area contributed by atoms with Crippen molar-refractivity contribution in [3.05, 3.63) is 0 Å². The molecule has 64 valence electrons. The van der Waals surface area contributed by atoms with E-state index >= 15 is 0 Å². The molecule has 0 aromatic carbocycles. The van der Waals surface area contributed by atoms with Gasteiger partial charge in [-0.1, -0.05) is 6.92 Å². The normalized spacial score (nSPS) is 24.4. The molecule has 0 bridgehead atoms. The van der Waals surface area contributed by atoms with Crippen LogP contribution < -0.4 is 0 Å². The van der Waals surface area contributed by atoms with Gasteiger partial charge in [0.15, 0.2) is 0 Å².